The summed E-state index contributed by atoms with van der Waals surface area (Å²) >= 11 is 0. The molecular weight excluding hydrogens is 293 g/mol. The van der Waals surface area contributed by atoms with Crippen molar-refractivity contribution in [1.29, 1.82) is 0 Å². The summed E-state index contributed by atoms with van der Waals surface area (Å²) in [6.45, 7) is 0. The molecule has 9 heteroatoms. The van der Waals surface area contributed by atoms with E-state index in [0.29, 0.717) is 11.1 Å². The van der Waals surface area contributed by atoms with Gasteiger partial charge in [-0.3, -0.25) is 20.4 Å². The van der Waals surface area contributed by atoms with Gasteiger partial charge in [-0.1, -0.05) is 12.1 Å². The molecule has 0 saturated carbocycles. The van der Waals surface area contributed by atoms with Crippen LogP contribution in [0.1, 0.15) is 10.6 Å². The molecule has 0 radical (unpaired) electrons. The van der Waals surface area contributed by atoms with Gasteiger partial charge in [0, 0.05) is 5.39 Å². The van der Waals surface area contributed by atoms with Gasteiger partial charge >= 0.3 is 18.0 Å². The van der Waals surface area contributed by atoms with Gasteiger partial charge < -0.3 is 9.15 Å². The zero-order valence-electron chi connectivity index (χ0n) is 10.6. The molecular formula is C12H9F3N2O4. The summed E-state index contributed by atoms with van der Waals surface area (Å²) in [5, 5.41) is 0.529. The van der Waals surface area contributed by atoms with Crippen LogP contribution in [0.2, 0.25) is 0 Å². The Kier molecular flexibility index (Phi) is 3.74. The molecule has 112 valence electrons. The molecule has 2 N–H and O–H groups in total. The number of furan rings is 1. The first-order valence-corrected chi connectivity index (χ1v) is 5.57. The van der Waals surface area contributed by atoms with Gasteiger partial charge in [0.05, 0.1) is 7.11 Å². The van der Waals surface area contributed by atoms with Gasteiger partial charge in [-0.15, -0.1) is 0 Å². The van der Waals surface area contributed by atoms with Crippen molar-refractivity contribution < 1.29 is 31.9 Å². The number of ether oxygens (including phenoxy) is 1. The topological polar surface area (TPSA) is 80.6 Å². The fraction of sp³-hybridized carbons (Fsp3) is 0.167. The number of alkyl halides is 3. The minimum absolute atomic E-state index is 0.267. The van der Waals surface area contributed by atoms with Crippen LogP contribution in [0, 0.1) is 0 Å². The van der Waals surface area contributed by atoms with Crippen LogP contribution in [0.15, 0.2) is 28.7 Å². The zero-order chi connectivity index (χ0) is 15.6. The second-order valence-corrected chi connectivity index (χ2v) is 3.90. The molecule has 2 aromatic rings. The first kappa shape index (κ1) is 14.7. The van der Waals surface area contributed by atoms with Crippen LogP contribution in [-0.2, 0) is 4.79 Å². The maximum atomic E-state index is 12.0. The lowest BCUT2D eigenvalue weighted by Crippen LogP contribution is -2.47. The highest BCUT2D eigenvalue weighted by Crippen LogP contribution is 2.28. The number of hydrazine groups is 1. The van der Waals surface area contributed by atoms with Crippen LogP contribution in [0.4, 0.5) is 13.2 Å². The lowest BCUT2D eigenvalue weighted by Gasteiger charge is -2.07. The molecule has 0 unspecified atom stereocenters. The van der Waals surface area contributed by atoms with Gasteiger partial charge in [-0.05, 0) is 12.1 Å². The highest BCUT2D eigenvalue weighted by molar-refractivity contribution is 5.98. The van der Waals surface area contributed by atoms with Crippen molar-refractivity contribution in [3.05, 3.63) is 30.0 Å². The highest BCUT2D eigenvalue weighted by atomic mass is 19.4. The van der Waals surface area contributed by atoms with E-state index < -0.39 is 18.0 Å². The number of hydrogen-bond donors (Lipinski definition) is 2. The molecule has 21 heavy (non-hydrogen) atoms. The van der Waals surface area contributed by atoms with Crippen LogP contribution in [0.3, 0.4) is 0 Å². The minimum Gasteiger partial charge on any atom is -0.493 e. The number of rotatable bonds is 2. The van der Waals surface area contributed by atoms with Gasteiger partial charge in [0.15, 0.2) is 17.1 Å². The third-order valence-corrected chi connectivity index (χ3v) is 2.50. The number of methoxy groups -OCH3 is 1. The fourth-order valence-corrected chi connectivity index (χ4v) is 1.55. The van der Waals surface area contributed by atoms with Crippen LogP contribution in [0.25, 0.3) is 11.0 Å². The van der Waals surface area contributed by atoms with E-state index in [9.17, 15) is 22.8 Å². The smallest absolute Gasteiger partial charge is 0.472 e. The largest absolute Gasteiger partial charge is 0.493 e. The van der Waals surface area contributed by atoms with E-state index in [1.54, 1.807) is 23.6 Å². The average Bonchev–Trinajstić information content (AvgIpc) is 2.87. The average molecular weight is 302 g/mol. The number of benzene rings is 1. The number of para-hydroxylation sites is 1. The Hall–Kier alpha value is -2.71. The van der Waals surface area contributed by atoms with Gasteiger partial charge in [0.2, 0.25) is 0 Å². The Balaban J connectivity index is 2.15. The van der Waals surface area contributed by atoms with Crippen LogP contribution in [0.5, 0.6) is 5.75 Å². The first-order chi connectivity index (χ1) is 9.82. The van der Waals surface area contributed by atoms with Gasteiger partial charge in [-0.25, -0.2) is 0 Å². The Morgan fingerprint density at radius 1 is 1.24 bits per heavy atom. The molecule has 1 aromatic carbocycles. The third kappa shape index (κ3) is 3.07. The highest BCUT2D eigenvalue weighted by Gasteiger charge is 2.39. The van der Waals surface area contributed by atoms with Crippen molar-refractivity contribution in [3.63, 3.8) is 0 Å². The molecule has 0 aliphatic rings. The number of fused-ring (bicyclic) bond motifs is 1. The molecule has 0 aliphatic carbocycles. The molecule has 0 fully saturated rings. The summed E-state index contributed by atoms with van der Waals surface area (Å²) in [4.78, 5) is 22.2. The van der Waals surface area contributed by atoms with E-state index in [4.69, 9.17) is 9.15 Å². The van der Waals surface area contributed by atoms with E-state index in [1.165, 1.54) is 18.6 Å². The zero-order valence-corrected chi connectivity index (χ0v) is 10.6. The Morgan fingerprint density at radius 3 is 2.57 bits per heavy atom. The van der Waals surface area contributed by atoms with Crippen molar-refractivity contribution >= 4 is 22.8 Å². The molecule has 2 amide bonds. The fourth-order valence-electron chi connectivity index (χ4n) is 1.55. The summed E-state index contributed by atoms with van der Waals surface area (Å²) in [6.07, 6.45) is -5.09. The molecule has 0 spiro atoms. The number of nitrogens with one attached hydrogen (secondary N) is 2. The molecule has 2 rings (SSSR count). The van der Waals surface area contributed by atoms with E-state index >= 15 is 0 Å². The standard InChI is InChI=1S/C12H9F3N2O4/c1-20-7-4-2-3-6-5-8(21-9(6)7)10(18)16-17-11(19)12(13,14)15/h2-5H,1H3,(H,16,18)(H,17,19). The van der Waals surface area contributed by atoms with Crippen molar-refractivity contribution in [2.45, 2.75) is 6.18 Å². The lowest BCUT2D eigenvalue weighted by atomic mass is 10.2. The molecule has 0 saturated heterocycles. The Morgan fingerprint density at radius 2 is 1.95 bits per heavy atom. The molecule has 1 aromatic heterocycles. The number of halogens is 3. The van der Waals surface area contributed by atoms with E-state index in [2.05, 4.69) is 0 Å². The number of carbonyl (C=O) groups excluding carboxylic acids is 2. The van der Waals surface area contributed by atoms with Crippen molar-refractivity contribution in [3.8, 4) is 5.75 Å². The number of amides is 2. The maximum Gasteiger partial charge on any atom is 0.472 e. The van der Waals surface area contributed by atoms with Crippen molar-refractivity contribution in [1.82, 2.24) is 10.9 Å². The molecule has 6 nitrogen and oxygen atoms in total. The van der Waals surface area contributed by atoms with E-state index in [1.807, 2.05) is 0 Å². The first-order valence-electron chi connectivity index (χ1n) is 5.57. The summed E-state index contributed by atoms with van der Waals surface area (Å²) in [7, 11) is 1.40. The van der Waals surface area contributed by atoms with Gasteiger partial charge in [0.25, 0.3) is 0 Å². The van der Waals surface area contributed by atoms with Gasteiger partial charge in [0.1, 0.15) is 0 Å². The molecule has 0 aliphatic heterocycles. The molecule has 0 bridgehead atoms. The van der Waals surface area contributed by atoms with Gasteiger partial charge in [-0.2, -0.15) is 13.2 Å². The second kappa shape index (κ2) is 5.35. The summed E-state index contributed by atoms with van der Waals surface area (Å²) < 4.78 is 46.1. The van der Waals surface area contributed by atoms with Crippen molar-refractivity contribution in [2.75, 3.05) is 7.11 Å². The monoisotopic (exact) mass is 302 g/mol. The Labute approximate surface area is 115 Å². The number of carbonyl (C=O) groups is 2. The normalized spacial score (nSPS) is 11.2. The van der Waals surface area contributed by atoms with Crippen LogP contribution in [-0.4, -0.2) is 25.1 Å². The van der Waals surface area contributed by atoms with E-state index in [-0.39, 0.29) is 11.3 Å². The SMILES string of the molecule is COc1cccc2cc(C(=O)NNC(=O)C(F)(F)F)oc12. The molecule has 0 atom stereocenters. The molecule has 1 heterocycles. The van der Waals surface area contributed by atoms with Crippen LogP contribution < -0.4 is 15.6 Å². The van der Waals surface area contributed by atoms with Crippen LogP contribution >= 0.6 is 0 Å². The minimum atomic E-state index is -5.09. The number of hydrogen-bond acceptors (Lipinski definition) is 4. The second-order valence-electron chi connectivity index (χ2n) is 3.90. The lowest BCUT2D eigenvalue weighted by molar-refractivity contribution is -0.174. The predicted molar refractivity (Wildman–Crippen MR) is 64.4 cm³/mol. The summed E-state index contributed by atoms with van der Waals surface area (Å²) in [6, 6.07) is 6.20. The predicted octanol–water partition coefficient (Wildman–Crippen LogP) is 1.76. The van der Waals surface area contributed by atoms with Crippen molar-refractivity contribution in [2.24, 2.45) is 0 Å². The maximum absolute atomic E-state index is 12.0. The quantitative estimate of drug-likeness (QED) is 0.828. The summed E-state index contributed by atoms with van der Waals surface area (Å²) in [5.41, 5.74) is 3.12. The van der Waals surface area contributed by atoms with E-state index in [0.717, 1.165) is 0 Å². The summed E-state index contributed by atoms with van der Waals surface area (Å²) in [5.74, 6) is -3.21. The third-order valence-electron chi connectivity index (χ3n) is 2.50. The Bertz CT molecular complexity index is 693.